The molecule has 1 aromatic heterocycles. The van der Waals surface area contributed by atoms with E-state index in [0.29, 0.717) is 16.0 Å². The summed E-state index contributed by atoms with van der Waals surface area (Å²) < 4.78 is 0. The van der Waals surface area contributed by atoms with Crippen LogP contribution < -0.4 is 5.32 Å². The highest BCUT2D eigenvalue weighted by molar-refractivity contribution is 6.42. The van der Waals surface area contributed by atoms with E-state index in [1.807, 2.05) is 12.1 Å². The Morgan fingerprint density at radius 3 is 2.89 bits per heavy atom. The van der Waals surface area contributed by atoms with Gasteiger partial charge in [-0.1, -0.05) is 29.3 Å². The van der Waals surface area contributed by atoms with Crippen molar-refractivity contribution in [3.63, 3.8) is 0 Å². The van der Waals surface area contributed by atoms with Gasteiger partial charge in [-0.3, -0.25) is 10.1 Å². The first-order valence-corrected chi connectivity index (χ1v) is 6.52. The number of aromatic amines is 1. The first-order chi connectivity index (χ1) is 9.15. The number of H-pyrrole nitrogens is 1. The summed E-state index contributed by atoms with van der Waals surface area (Å²) in [7, 11) is 0. The standard InChI is InChI=1S/C12H10Cl2N4O/c13-9-2-1-6(3-10(9)14)7-4-8(7)11(19)17-12-15-5-16-18-12/h1-3,5,7-8H,4H2,(H2,15,16,17,18,19)/t7-,8-/m1/s1. The van der Waals surface area contributed by atoms with Crippen molar-refractivity contribution in [2.45, 2.75) is 12.3 Å². The maximum absolute atomic E-state index is 12.0. The zero-order chi connectivity index (χ0) is 13.4. The molecular weight excluding hydrogens is 287 g/mol. The Labute approximate surface area is 119 Å². The summed E-state index contributed by atoms with van der Waals surface area (Å²) in [6.07, 6.45) is 2.15. The summed E-state index contributed by atoms with van der Waals surface area (Å²) in [5.74, 6) is 0.442. The Bertz CT molecular complexity index is 614. The lowest BCUT2D eigenvalue weighted by atomic mass is 10.1. The number of carbonyl (C=O) groups excluding carboxylic acids is 1. The molecule has 0 spiro atoms. The summed E-state index contributed by atoms with van der Waals surface area (Å²) in [5, 5.41) is 9.98. The van der Waals surface area contributed by atoms with E-state index in [1.54, 1.807) is 6.07 Å². The van der Waals surface area contributed by atoms with Gasteiger partial charge in [0.15, 0.2) is 0 Å². The summed E-state index contributed by atoms with van der Waals surface area (Å²) in [5.41, 5.74) is 1.03. The monoisotopic (exact) mass is 296 g/mol. The first-order valence-electron chi connectivity index (χ1n) is 5.76. The highest BCUT2D eigenvalue weighted by Gasteiger charge is 2.44. The van der Waals surface area contributed by atoms with Crippen molar-refractivity contribution >= 4 is 35.1 Å². The molecule has 98 valence electrons. The van der Waals surface area contributed by atoms with Crippen molar-refractivity contribution in [1.82, 2.24) is 15.2 Å². The van der Waals surface area contributed by atoms with E-state index in [2.05, 4.69) is 20.5 Å². The second kappa shape index (κ2) is 4.83. The molecule has 0 radical (unpaired) electrons. The van der Waals surface area contributed by atoms with Crippen LogP contribution in [0.1, 0.15) is 17.9 Å². The second-order valence-electron chi connectivity index (χ2n) is 4.45. The number of anilines is 1. The molecule has 1 aliphatic rings. The molecule has 1 heterocycles. The fourth-order valence-corrected chi connectivity index (χ4v) is 2.38. The number of halogens is 2. The third kappa shape index (κ3) is 2.57. The fraction of sp³-hybridized carbons (Fsp3) is 0.250. The molecule has 1 saturated carbocycles. The fourth-order valence-electron chi connectivity index (χ4n) is 2.07. The van der Waals surface area contributed by atoms with Gasteiger partial charge in [-0.05, 0) is 30.0 Å². The van der Waals surface area contributed by atoms with Crippen LogP contribution in [0.2, 0.25) is 10.0 Å². The van der Waals surface area contributed by atoms with Gasteiger partial charge in [0, 0.05) is 5.92 Å². The third-order valence-corrected chi connectivity index (χ3v) is 3.89. The van der Waals surface area contributed by atoms with E-state index in [1.165, 1.54) is 6.33 Å². The molecular formula is C12H10Cl2N4O. The molecule has 2 atom stereocenters. The number of nitrogens with one attached hydrogen (secondary N) is 2. The topological polar surface area (TPSA) is 70.7 Å². The van der Waals surface area contributed by atoms with Crippen LogP contribution in [0.4, 0.5) is 5.95 Å². The Morgan fingerprint density at radius 2 is 2.21 bits per heavy atom. The molecule has 3 rings (SSSR count). The summed E-state index contributed by atoms with van der Waals surface area (Å²) >= 11 is 11.8. The first kappa shape index (κ1) is 12.4. The van der Waals surface area contributed by atoms with Crippen molar-refractivity contribution in [3.8, 4) is 0 Å². The molecule has 1 amide bonds. The molecule has 0 aliphatic heterocycles. The molecule has 19 heavy (non-hydrogen) atoms. The molecule has 1 aliphatic carbocycles. The van der Waals surface area contributed by atoms with E-state index in [4.69, 9.17) is 23.2 Å². The third-order valence-electron chi connectivity index (χ3n) is 3.16. The number of carbonyl (C=O) groups is 1. The van der Waals surface area contributed by atoms with Crippen molar-refractivity contribution in [3.05, 3.63) is 40.1 Å². The molecule has 1 aromatic carbocycles. The minimum Gasteiger partial charge on any atom is -0.295 e. The normalized spacial score (nSPS) is 21.2. The molecule has 1 fully saturated rings. The van der Waals surface area contributed by atoms with Crippen LogP contribution in [0.25, 0.3) is 0 Å². The second-order valence-corrected chi connectivity index (χ2v) is 5.26. The van der Waals surface area contributed by atoms with Gasteiger partial charge in [-0.15, -0.1) is 0 Å². The van der Waals surface area contributed by atoms with Crippen LogP contribution >= 0.6 is 23.2 Å². The molecule has 5 nitrogen and oxygen atoms in total. The minimum absolute atomic E-state index is 0.0534. The summed E-state index contributed by atoms with van der Waals surface area (Å²) in [6.45, 7) is 0. The van der Waals surface area contributed by atoms with Crippen molar-refractivity contribution in [2.24, 2.45) is 5.92 Å². The minimum atomic E-state index is -0.0622. The smallest absolute Gasteiger partial charge is 0.230 e. The zero-order valence-corrected chi connectivity index (χ0v) is 11.2. The van der Waals surface area contributed by atoms with E-state index in [-0.39, 0.29) is 17.7 Å². The average Bonchev–Trinajstić information content (AvgIpc) is 3.04. The number of aromatic nitrogens is 3. The van der Waals surface area contributed by atoms with Crippen molar-refractivity contribution in [1.29, 1.82) is 0 Å². The lowest BCUT2D eigenvalue weighted by molar-refractivity contribution is -0.117. The van der Waals surface area contributed by atoms with E-state index in [9.17, 15) is 4.79 Å². The maximum atomic E-state index is 12.0. The van der Waals surface area contributed by atoms with Crippen LogP contribution in [0, 0.1) is 5.92 Å². The predicted octanol–water partition coefficient (Wildman–Crippen LogP) is 2.85. The number of benzene rings is 1. The lowest BCUT2D eigenvalue weighted by Gasteiger charge is -2.03. The summed E-state index contributed by atoms with van der Waals surface area (Å²) in [4.78, 5) is 15.8. The van der Waals surface area contributed by atoms with Crippen LogP contribution in [-0.2, 0) is 4.79 Å². The van der Waals surface area contributed by atoms with Crippen LogP contribution in [-0.4, -0.2) is 21.1 Å². The highest BCUT2D eigenvalue weighted by atomic mass is 35.5. The predicted molar refractivity (Wildman–Crippen MR) is 72.3 cm³/mol. The van der Waals surface area contributed by atoms with Gasteiger partial charge in [0.2, 0.25) is 11.9 Å². The lowest BCUT2D eigenvalue weighted by Crippen LogP contribution is -2.15. The largest absolute Gasteiger partial charge is 0.295 e. The van der Waals surface area contributed by atoms with Gasteiger partial charge in [0.05, 0.1) is 10.0 Å². The van der Waals surface area contributed by atoms with Crippen LogP contribution in [0.3, 0.4) is 0 Å². The number of nitrogens with zero attached hydrogens (tertiary/aromatic N) is 2. The zero-order valence-electron chi connectivity index (χ0n) is 9.73. The summed E-state index contributed by atoms with van der Waals surface area (Å²) in [6, 6.07) is 5.47. The number of rotatable bonds is 3. The number of hydrogen-bond acceptors (Lipinski definition) is 3. The van der Waals surface area contributed by atoms with Crippen LogP contribution in [0.15, 0.2) is 24.5 Å². The van der Waals surface area contributed by atoms with E-state index < -0.39 is 0 Å². The Balaban J connectivity index is 1.67. The van der Waals surface area contributed by atoms with Crippen LogP contribution in [0.5, 0.6) is 0 Å². The average molecular weight is 297 g/mol. The SMILES string of the molecule is O=C(Nc1ncn[nH]1)[C@@H]1C[C@@H]1c1ccc(Cl)c(Cl)c1. The molecule has 0 bridgehead atoms. The molecule has 0 saturated heterocycles. The number of hydrogen-bond donors (Lipinski definition) is 2. The van der Waals surface area contributed by atoms with Gasteiger partial charge in [-0.2, -0.15) is 10.1 Å². The van der Waals surface area contributed by atoms with Gasteiger partial charge in [0.25, 0.3) is 0 Å². The molecule has 2 N–H and O–H groups in total. The molecule has 7 heteroatoms. The van der Waals surface area contributed by atoms with E-state index in [0.717, 1.165) is 12.0 Å². The van der Waals surface area contributed by atoms with E-state index >= 15 is 0 Å². The van der Waals surface area contributed by atoms with Crippen molar-refractivity contribution in [2.75, 3.05) is 5.32 Å². The Kier molecular flexibility index (Phi) is 3.16. The highest BCUT2D eigenvalue weighted by Crippen LogP contribution is 2.48. The van der Waals surface area contributed by atoms with Crippen molar-refractivity contribution < 1.29 is 4.79 Å². The Morgan fingerprint density at radius 1 is 1.37 bits per heavy atom. The van der Waals surface area contributed by atoms with Gasteiger partial charge >= 0.3 is 0 Å². The quantitative estimate of drug-likeness (QED) is 0.915. The molecule has 0 unspecified atom stereocenters. The van der Waals surface area contributed by atoms with Gasteiger partial charge in [0.1, 0.15) is 6.33 Å². The number of amides is 1. The van der Waals surface area contributed by atoms with Gasteiger partial charge in [-0.25, -0.2) is 5.10 Å². The van der Waals surface area contributed by atoms with Gasteiger partial charge < -0.3 is 0 Å². The maximum Gasteiger partial charge on any atom is 0.230 e. The molecule has 2 aromatic rings. The Hall–Kier alpha value is -1.59.